The van der Waals surface area contributed by atoms with E-state index < -0.39 is 15.9 Å². The number of fused-ring (bicyclic) bond motifs is 3. The summed E-state index contributed by atoms with van der Waals surface area (Å²) in [5, 5.41) is 4.94. The summed E-state index contributed by atoms with van der Waals surface area (Å²) in [6.45, 7) is 2.55. The number of likely N-dealkylation sites (N-methyl/N-ethyl adjacent to an activating group) is 1. The highest BCUT2D eigenvalue weighted by molar-refractivity contribution is 7.89. The Morgan fingerprint density at radius 3 is 2.41 bits per heavy atom. The van der Waals surface area contributed by atoms with Gasteiger partial charge in [0.1, 0.15) is 16.4 Å². The van der Waals surface area contributed by atoms with E-state index in [9.17, 15) is 13.2 Å². The van der Waals surface area contributed by atoms with Crippen molar-refractivity contribution in [2.45, 2.75) is 18.4 Å². The van der Waals surface area contributed by atoms with Crippen LogP contribution in [0.5, 0.6) is 11.5 Å². The number of benzene rings is 3. The van der Waals surface area contributed by atoms with Gasteiger partial charge in [0, 0.05) is 47.2 Å². The molecular weight excluding hydrogens is 454 g/mol. The van der Waals surface area contributed by atoms with Crippen LogP contribution in [0, 0.1) is 0 Å². The third kappa shape index (κ3) is 4.20. The van der Waals surface area contributed by atoms with E-state index in [-0.39, 0.29) is 17.2 Å². The molecule has 9 heteroatoms. The molecule has 0 spiro atoms. The predicted octanol–water partition coefficient (Wildman–Crippen LogP) is 4.09. The molecule has 4 aromatic rings. The maximum Gasteiger partial charge on any atom is 0.247 e. The highest BCUT2D eigenvalue weighted by Crippen LogP contribution is 2.32. The third-order valence-electron chi connectivity index (χ3n) is 5.80. The zero-order chi connectivity index (χ0) is 24.5. The molecule has 0 bridgehead atoms. The number of carbonyl (C=O) groups excluding carboxylic acids is 1. The van der Waals surface area contributed by atoms with Gasteiger partial charge >= 0.3 is 0 Å². The maximum atomic E-state index is 13.1. The quantitative estimate of drug-likeness (QED) is 0.409. The van der Waals surface area contributed by atoms with Crippen molar-refractivity contribution in [1.29, 1.82) is 0 Å². The molecule has 0 unspecified atom stereocenters. The van der Waals surface area contributed by atoms with Gasteiger partial charge in [0.2, 0.25) is 15.9 Å². The fourth-order valence-corrected chi connectivity index (χ4v) is 5.41. The second kappa shape index (κ2) is 9.36. The highest BCUT2D eigenvalue weighted by Gasteiger charge is 2.27. The largest absolute Gasteiger partial charge is 0.497 e. The van der Waals surface area contributed by atoms with Gasteiger partial charge in [0.25, 0.3) is 0 Å². The average molecular weight is 482 g/mol. The van der Waals surface area contributed by atoms with Crippen molar-refractivity contribution in [3.63, 3.8) is 0 Å². The van der Waals surface area contributed by atoms with Crippen LogP contribution in [0.4, 0.5) is 5.69 Å². The Morgan fingerprint density at radius 1 is 0.971 bits per heavy atom. The van der Waals surface area contributed by atoms with Crippen molar-refractivity contribution < 1.29 is 22.7 Å². The van der Waals surface area contributed by atoms with Gasteiger partial charge in [-0.15, -0.1) is 0 Å². The smallest absolute Gasteiger partial charge is 0.247 e. The number of aromatic nitrogens is 1. The van der Waals surface area contributed by atoms with Gasteiger partial charge in [-0.05, 0) is 43.3 Å². The molecule has 0 aliphatic rings. The van der Waals surface area contributed by atoms with Gasteiger partial charge in [0.05, 0.1) is 20.8 Å². The molecule has 0 aliphatic carbocycles. The van der Waals surface area contributed by atoms with E-state index in [0.29, 0.717) is 11.4 Å². The number of anilines is 1. The molecule has 8 nitrogen and oxygen atoms in total. The van der Waals surface area contributed by atoms with Gasteiger partial charge in [-0.2, -0.15) is 4.31 Å². The topological polar surface area (TPSA) is 89.9 Å². The third-order valence-corrected chi connectivity index (χ3v) is 7.62. The lowest BCUT2D eigenvalue weighted by Crippen LogP contribution is -2.35. The molecule has 0 saturated heterocycles. The number of ether oxygens (including phenoxy) is 2. The molecule has 1 amide bonds. The predicted molar refractivity (Wildman–Crippen MR) is 133 cm³/mol. The van der Waals surface area contributed by atoms with E-state index in [0.717, 1.165) is 32.7 Å². The molecule has 0 fully saturated rings. The summed E-state index contributed by atoms with van der Waals surface area (Å²) in [6, 6.07) is 18.3. The second-order valence-corrected chi connectivity index (χ2v) is 9.83. The molecule has 1 heterocycles. The fraction of sp³-hybridized carbons (Fsp3) is 0.240. The minimum absolute atomic E-state index is 0.0709. The van der Waals surface area contributed by atoms with Crippen LogP contribution in [-0.2, 0) is 21.4 Å². The molecule has 0 aliphatic heterocycles. The summed E-state index contributed by atoms with van der Waals surface area (Å²) >= 11 is 0. The van der Waals surface area contributed by atoms with Gasteiger partial charge in [0.15, 0.2) is 0 Å². The first kappa shape index (κ1) is 23.6. The van der Waals surface area contributed by atoms with Crippen LogP contribution in [0.1, 0.15) is 6.92 Å². The van der Waals surface area contributed by atoms with E-state index in [1.807, 2.05) is 30.3 Å². The minimum Gasteiger partial charge on any atom is -0.497 e. The van der Waals surface area contributed by atoms with Crippen molar-refractivity contribution in [3.05, 3.63) is 60.7 Å². The molecule has 0 atom stereocenters. The van der Waals surface area contributed by atoms with Crippen molar-refractivity contribution >= 4 is 43.4 Å². The summed E-state index contributed by atoms with van der Waals surface area (Å²) < 4.78 is 39.8. The van der Waals surface area contributed by atoms with Gasteiger partial charge in [-0.25, -0.2) is 8.42 Å². The highest BCUT2D eigenvalue weighted by atomic mass is 32.2. The second-order valence-electron chi connectivity index (χ2n) is 7.82. The number of nitrogens with zero attached hydrogens (tertiary/aromatic N) is 2. The Hall–Kier alpha value is -3.56. The van der Waals surface area contributed by atoms with Gasteiger partial charge in [-0.1, -0.05) is 18.2 Å². The van der Waals surface area contributed by atoms with E-state index >= 15 is 0 Å². The first-order valence-corrected chi connectivity index (χ1v) is 12.2. The number of amides is 1. The maximum absolute atomic E-state index is 13.1. The number of para-hydroxylation sites is 1. The summed E-state index contributed by atoms with van der Waals surface area (Å²) in [4.78, 5) is 12.7. The Labute approximate surface area is 198 Å². The SMILES string of the molecule is CCn1c2ccccc2c2cc(NC(=O)CN(C)S(=O)(=O)c3cc(OC)ccc3OC)ccc21. The number of hydrogen-bond acceptors (Lipinski definition) is 5. The molecular formula is C25H27N3O5S. The molecule has 0 saturated carbocycles. The molecule has 4 rings (SSSR count). The van der Waals surface area contributed by atoms with Crippen LogP contribution in [0.25, 0.3) is 21.8 Å². The standard InChI is InChI=1S/C25H27N3O5S/c1-5-28-21-9-7-6-8-19(21)20-14-17(10-12-22(20)28)26-25(29)16-27(2)34(30,31)24-15-18(32-3)11-13-23(24)33-4/h6-15H,5,16H2,1-4H3,(H,26,29). The monoisotopic (exact) mass is 481 g/mol. The lowest BCUT2D eigenvalue weighted by atomic mass is 10.1. The van der Waals surface area contributed by atoms with Crippen LogP contribution in [0.3, 0.4) is 0 Å². The Bertz CT molecular complexity index is 1480. The molecule has 178 valence electrons. The van der Waals surface area contributed by atoms with Crippen molar-refractivity contribution in [2.24, 2.45) is 0 Å². The average Bonchev–Trinajstić information content (AvgIpc) is 3.16. The number of sulfonamides is 1. The van der Waals surface area contributed by atoms with Crippen LogP contribution in [0.15, 0.2) is 65.6 Å². The first-order valence-electron chi connectivity index (χ1n) is 10.8. The zero-order valence-corrected chi connectivity index (χ0v) is 20.3. The number of methoxy groups -OCH3 is 2. The number of aryl methyl sites for hydroxylation is 1. The molecule has 3 aromatic carbocycles. The van der Waals surface area contributed by atoms with E-state index in [4.69, 9.17) is 9.47 Å². The lowest BCUT2D eigenvalue weighted by molar-refractivity contribution is -0.116. The number of rotatable bonds is 8. The van der Waals surface area contributed by atoms with Crippen molar-refractivity contribution in [1.82, 2.24) is 8.87 Å². The zero-order valence-electron chi connectivity index (χ0n) is 19.5. The van der Waals surface area contributed by atoms with Crippen molar-refractivity contribution in [2.75, 3.05) is 33.1 Å². The number of carbonyl (C=O) groups is 1. The van der Waals surface area contributed by atoms with E-state index in [2.05, 4.69) is 28.9 Å². The lowest BCUT2D eigenvalue weighted by Gasteiger charge is -2.19. The molecule has 0 radical (unpaired) electrons. The number of hydrogen-bond donors (Lipinski definition) is 1. The Kier molecular flexibility index (Phi) is 6.49. The van der Waals surface area contributed by atoms with Crippen molar-refractivity contribution in [3.8, 4) is 11.5 Å². The van der Waals surface area contributed by atoms with E-state index in [1.165, 1.54) is 33.4 Å². The fourth-order valence-electron chi connectivity index (χ4n) is 4.11. The normalized spacial score (nSPS) is 11.8. The van der Waals surface area contributed by atoms with Crippen LogP contribution in [0.2, 0.25) is 0 Å². The first-order chi connectivity index (χ1) is 16.3. The van der Waals surface area contributed by atoms with Crippen LogP contribution in [-0.4, -0.2) is 51.0 Å². The van der Waals surface area contributed by atoms with Crippen LogP contribution >= 0.6 is 0 Å². The van der Waals surface area contributed by atoms with E-state index in [1.54, 1.807) is 6.07 Å². The molecule has 34 heavy (non-hydrogen) atoms. The summed E-state index contributed by atoms with van der Waals surface area (Å²) in [7, 11) is 0.189. The minimum atomic E-state index is -4.00. The summed E-state index contributed by atoms with van der Waals surface area (Å²) in [6.07, 6.45) is 0. The van der Waals surface area contributed by atoms with Crippen LogP contribution < -0.4 is 14.8 Å². The Morgan fingerprint density at radius 2 is 1.71 bits per heavy atom. The molecule has 1 aromatic heterocycles. The molecule has 1 N–H and O–H groups in total. The van der Waals surface area contributed by atoms with Gasteiger partial charge in [-0.3, -0.25) is 4.79 Å². The number of nitrogens with one attached hydrogen (secondary N) is 1. The Balaban J connectivity index is 1.57. The summed E-state index contributed by atoms with van der Waals surface area (Å²) in [5.74, 6) is 0.0918. The summed E-state index contributed by atoms with van der Waals surface area (Å²) in [5.41, 5.74) is 2.80. The van der Waals surface area contributed by atoms with Gasteiger partial charge < -0.3 is 19.4 Å².